The number of benzene rings is 2. The predicted octanol–water partition coefficient (Wildman–Crippen LogP) is 3.01. The molecule has 2 aromatic rings. The van der Waals surface area contributed by atoms with Crippen molar-refractivity contribution in [3.05, 3.63) is 72.3 Å². The standard InChI is InChI=1S/C15H13NO2S2/c17-20(18,14-9-5-2-6-10-14)16-15(19)12-11-13-7-3-1-4-8-13/h1-12H,(H,16,19)/b12-11-. The Morgan fingerprint density at radius 3 is 2.10 bits per heavy atom. The number of thiocarbonyl (C=S) groups is 1. The lowest BCUT2D eigenvalue weighted by molar-refractivity contribution is 0.593. The van der Waals surface area contributed by atoms with E-state index in [4.69, 9.17) is 12.2 Å². The molecule has 0 aliphatic carbocycles. The van der Waals surface area contributed by atoms with Crippen molar-refractivity contribution in [3.63, 3.8) is 0 Å². The molecule has 0 saturated heterocycles. The minimum Gasteiger partial charge on any atom is -0.270 e. The summed E-state index contributed by atoms with van der Waals surface area (Å²) in [7, 11) is -3.61. The average Bonchev–Trinajstić information content (AvgIpc) is 2.47. The Labute approximate surface area is 124 Å². The highest BCUT2D eigenvalue weighted by atomic mass is 32.2. The summed E-state index contributed by atoms with van der Waals surface area (Å²) in [5.41, 5.74) is 0.953. The zero-order chi connectivity index (χ0) is 14.4. The molecule has 0 aromatic heterocycles. The van der Waals surface area contributed by atoms with Crippen LogP contribution in [-0.4, -0.2) is 13.4 Å². The predicted molar refractivity (Wildman–Crippen MR) is 84.8 cm³/mol. The quantitative estimate of drug-likeness (QED) is 0.697. The van der Waals surface area contributed by atoms with E-state index in [-0.39, 0.29) is 9.88 Å². The van der Waals surface area contributed by atoms with Crippen molar-refractivity contribution in [1.82, 2.24) is 4.72 Å². The third-order valence-electron chi connectivity index (χ3n) is 2.52. The van der Waals surface area contributed by atoms with Crippen LogP contribution in [0.2, 0.25) is 0 Å². The lowest BCUT2D eigenvalue weighted by Gasteiger charge is -2.06. The molecule has 0 heterocycles. The van der Waals surface area contributed by atoms with Crippen LogP contribution >= 0.6 is 12.2 Å². The van der Waals surface area contributed by atoms with Crippen LogP contribution in [-0.2, 0) is 10.0 Å². The highest BCUT2D eigenvalue weighted by Gasteiger charge is 2.13. The highest BCUT2D eigenvalue weighted by molar-refractivity contribution is 7.92. The Bertz CT molecular complexity index is 708. The van der Waals surface area contributed by atoms with Gasteiger partial charge in [0, 0.05) is 0 Å². The minimum atomic E-state index is -3.61. The van der Waals surface area contributed by atoms with Crippen LogP contribution in [0.3, 0.4) is 0 Å². The van der Waals surface area contributed by atoms with Crippen molar-refractivity contribution in [3.8, 4) is 0 Å². The molecule has 0 aliphatic heterocycles. The topological polar surface area (TPSA) is 46.2 Å². The second-order valence-corrected chi connectivity index (χ2v) is 6.15. The molecule has 0 bridgehead atoms. The molecule has 102 valence electrons. The van der Waals surface area contributed by atoms with Crippen LogP contribution in [0.1, 0.15) is 5.56 Å². The zero-order valence-electron chi connectivity index (χ0n) is 10.6. The van der Waals surface area contributed by atoms with Crippen molar-refractivity contribution in [2.24, 2.45) is 0 Å². The number of rotatable bonds is 4. The Balaban J connectivity index is 2.07. The molecule has 0 atom stereocenters. The molecule has 2 rings (SSSR count). The molecular weight excluding hydrogens is 290 g/mol. The summed E-state index contributed by atoms with van der Waals surface area (Å²) >= 11 is 5.02. The van der Waals surface area contributed by atoms with E-state index in [1.54, 1.807) is 30.4 Å². The molecule has 0 aliphatic rings. The van der Waals surface area contributed by atoms with E-state index in [1.807, 2.05) is 30.3 Å². The van der Waals surface area contributed by atoms with Gasteiger partial charge in [-0.15, -0.1) is 0 Å². The van der Waals surface area contributed by atoms with E-state index in [0.29, 0.717) is 0 Å². The molecule has 0 spiro atoms. The molecule has 2 aromatic carbocycles. The van der Waals surface area contributed by atoms with Gasteiger partial charge in [0.2, 0.25) is 0 Å². The summed E-state index contributed by atoms with van der Waals surface area (Å²) in [6.45, 7) is 0. The second-order valence-electron chi connectivity index (χ2n) is 4.03. The second kappa shape index (κ2) is 6.45. The molecule has 0 amide bonds. The maximum absolute atomic E-state index is 12.0. The van der Waals surface area contributed by atoms with Gasteiger partial charge in [0.15, 0.2) is 0 Å². The Kier molecular flexibility index (Phi) is 4.65. The first-order valence-corrected chi connectivity index (χ1v) is 7.82. The number of hydrogen-bond donors (Lipinski definition) is 1. The van der Waals surface area contributed by atoms with Gasteiger partial charge in [0.25, 0.3) is 10.0 Å². The lowest BCUT2D eigenvalue weighted by Crippen LogP contribution is -2.27. The van der Waals surface area contributed by atoms with E-state index in [2.05, 4.69) is 4.72 Å². The van der Waals surface area contributed by atoms with Gasteiger partial charge >= 0.3 is 0 Å². The molecule has 0 saturated carbocycles. The molecule has 20 heavy (non-hydrogen) atoms. The molecule has 0 radical (unpaired) electrons. The fourth-order valence-corrected chi connectivity index (χ4v) is 2.92. The van der Waals surface area contributed by atoms with Gasteiger partial charge in [0.05, 0.1) is 4.90 Å². The first-order valence-electron chi connectivity index (χ1n) is 5.93. The largest absolute Gasteiger partial charge is 0.270 e. The van der Waals surface area contributed by atoms with Crippen LogP contribution in [0.4, 0.5) is 0 Å². The maximum atomic E-state index is 12.0. The molecule has 5 heteroatoms. The molecule has 1 N–H and O–H groups in total. The van der Waals surface area contributed by atoms with E-state index < -0.39 is 10.0 Å². The van der Waals surface area contributed by atoms with Crippen molar-refractivity contribution in [2.75, 3.05) is 0 Å². The minimum absolute atomic E-state index is 0.151. The Hall–Kier alpha value is -1.98. The summed E-state index contributed by atoms with van der Waals surface area (Å²) in [6.07, 6.45) is 3.32. The zero-order valence-corrected chi connectivity index (χ0v) is 12.2. The van der Waals surface area contributed by atoms with Crippen LogP contribution in [0, 0.1) is 0 Å². The third kappa shape index (κ3) is 4.01. The Morgan fingerprint density at radius 1 is 0.950 bits per heavy atom. The van der Waals surface area contributed by atoms with Crippen molar-refractivity contribution >= 4 is 33.3 Å². The van der Waals surface area contributed by atoms with Gasteiger partial charge in [-0.2, -0.15) is 0 Å². The first kappa shape index (κ1) is 14.4. The normalized spacial score (nSPS) is 11.4. The third-order valence-corrected chi connectivity index (χ3v) is 4.26. The highest BCUT2D eigenvalue weighted by Crippen LogP contribution is 2.07. The summed E-state index contributed by atoms with van der Waals surface area (Å²) in [5.74, 6) is 0. The van der Waals surface area contributed by atoms with Crippen molar-refractivity contribution in [2.45, 2.75) is 4.90 Å². The fraction of sp³-hybridized carbons (Fsp3) is 0. The van der Waals surface area contributed by atoms with Gasteiger partial charge < -0.3 is 0 Å². The number of hydrogen-bond acceptors (Lipinski definition) is 3. The van der Waals surface area contributed by atoms with Crippen LogP contribution in [0.5, 0.6) is 0 Å². The van der Waals surface area contributed by atoms with Crippen molar-refractivity contribution < 1.29 is 8.42 Å². The van der Waals surface area contributed by atoms with Gasteiger partial charge in [-0.1, -0.05) is 66.8 Å². The molecule has 3 nitrogen and oxygen atoms in total. The summed E-state index contributed by atoms with van der Waals surface area (Å²) in [4.78, 5) is 0.341. The van der Waals surface area contributed by atoms with Gasteiger partial charge in [-0.25, -0.2) is 8.42 Å². The summed E-state index contributed by atoms with van der Waals surface area (Å²) in [5, 5.41) is 0. The summed E-state index contributed by atoms with van der Waals surface area (Å²) in [6, 6.07) is 17.6. The van der Waals surface area contributed by atoms with E-state index in [9.17, 15) is 8.42 Å². The monoisotopic (exact) mass is 303 g/mol. The van der Waals surface area contributed by atoms with E-state index in [1.165, 1.54) is 12.1 Å². The van der Waals surface area contributed by atoms with E-state index >= 15 is 0 Å². The fourth-order valence-electron chi connectivity index (χ4n) is 1.56. The first-order chi connectivity index (χ1) is 9.58. The van der Waals surface area contributed by atoms with Crippen LogP contribution in [0.15, 0.2) is 71.6 Å². The summed E-state index contributed by atoms with van der Waals surface area (Å²) < 4.78 is 26.4. The number of sulfonamides is 1. The van der Waals surface area contributed by atoms with Crippen LogP contribution < -0.4 is 4.72 Å². The molecule has 0 fully saturated rings. The van der Waals surface area contributed by atoms with Gasteiger partial charge in [0.1, 0.15) is 4.99 Å². The van der Waals surface area contributed by atoms with Gasteiger partial charge in [-0.05, 0) is 23.8 Å². The smallest absolute Gasteiger partial charge is 0.262 e. The molecular formula is C15H13NO2S2. The SMILES string of the molecule is O=S(=O)(NC(=S)/C=C\c1ccccc1)c1ccccc1. The number of nitrogens with one attached hydrogen (secondary N) is 1. The van der Waals surface area contributed by atoms with Gasteiger partial charge in [-0.3, -0.25) is 4.72 Å². The van der Waals surface area contributed by atoms with E-state index in [0.717, 1.165) is 5.56 Å². The maximum Gasteiger partial charge on any atom is 0.262 e. The lowest BCUT2D eigenvalue weighted by atomic mass is 10.2. The van der Waals surface area contributed by atoms with Crippen LogP contribution in [0.25, 0.3) is 6.08 Å². The average molecular weight is 303 g/mol. The molecule has 0 unspecified atom stereocenters. The Morgan fingerprint density at radius 2 is 1.50 bits per heavy atom. The van der Waals surface area contributed by atoms with Crippen molar-refractivity contribution in [1.29, 1.82) is 0 Å².